The molecule has 1 unspecified atom stereocenters. The maximum Gasteiger partial charge on any atom is 0.416 e. The summed E-state index contributed by atoms with van der Waals surface area (Å²) in [5, 5.41) is 10.8. The zero-order valence-electron chi connectivity index (χ0n) is 9.37. The quantitative estimate of drug-likeness (QED) is 0.824. The highest BCUT2D eigenvalue weighted by Gasteiger charge is 2.34. The van der Waals surface area contributed by atoms with Crippen molar-refractivity contribution in [1.29, 1.82) is 0 Å². The van der Waals surface area contributed by atoms with E-state index < -0.39 is 34.9 Å². The van der Waals surface area contributed by atoms with Crippen molar-refractivity contribution in [3.05, 3.63) is 35.1 Å². The standard InChI is InChI=1S/C11H9F4NO2S/c12-7-2-5(1-6(3-7)11(13,14)15)9-16-8(4-19-9)10(17)18/h1-3,8-9,16H,4H2,(H,17,18)/t8-,9?/m1/s1. The number of thioether (sulfide) groups is 1. The Morgan fingerprint density at radius 1 is 1.37 bits per heavy atom. The average Bonchev–Trinajstić information content (AvgIpc) is 2.76. The normalized spacial score (nSPS) is 23.6. The third-order valence-electron chi connectivity index (χ3n) is 2.63. The number of carboxylic acid groups (broad SMARTS) is 1. The van der Waals surface area contributed by atoms with Gasteiger partial charge in [0.2, 0.25) is 0 Å². The van der Waals surface area contributed by atoms with Gasteiger partial charge in [-0.1, -0.05) is 0 Å². The molecule has 1 heterocycles. The highest BCUT2D eigenvalue weighted by molar-refractivity contribution is 7.99. The van der Waals surface area contributed by atoms with Gasteiger partial charge in [0.15, 0.2) is 0 Å². The molecule has 0 amide bonds. The summed E-state index contributed by atoms with van der Waals surface area (Å²) in [5.74, 6) is -1.86. The number of nitrogens with one attached hydrogen (secondary N) is 1. The van der Waals surface area contributed by atoms with E-state index in [4.69, 9.17) is 5.11 Å². The molecule has 0 radical (unpaired) electrons. The minimum Gasteiger partial charge on any atom is -0.480 e. The fourth-order valence-corrected chi connectivity index (χ4v) is 2.95. The van der Waals surface area contributed by atoms with Gasteiger partial charge in [-0.3, -0.25) is 10.1 Å². The Bertz CT molecular complexity index is 506. The lowest BCUT2D eigenvalue weighted by Gasteiger charge is -2.14. The highest BCUT2D eigenvalue weighted by Crippen LogP contribution is 2.37. The zero-order chi connectivity index (χ0) is 14.2. The van der Waals surface area contributed by atoms with Gasteiger partial charge in [-0.25, -0.2) is 4.39 Å². The van der Waals surface area contributed by atoms with Gasteiger partial charge in [0.05, 0.1) is 10.9 Å². The van der Waals surface area contributed by atoms with Crippen molar-refractivity contribution in [2.75, 3.05) is 5.75 Å². The first-order valence-corrected chi connectivity index (χ1v) is 6.30. The Morgan fingerprint density at radius 3 is 2.58 bits per heavy atom. The molecule has 104 valence electrons. The SMILES string of the molecule is O=C(O)[C@H]1CSC(c2cc(F)cc(C(F)(F)F)c2)N1. The van der Waals surface area contributed by atoms with Crippen LogP contribution in [0.5, 0.6) is 0 Å². The number of benzene rings is 1. The second-order valence-corrected chi connectivity index (χ2v) is 5.18. The van der Waals surface area contributed by atoms with Crippen molar-refractivity contribution in [2.45, 2.75) is 17.6 Å². The van der Waals surface area contributed by atoms with E-state index in [0.29, 0.717) is 6.07 Å². The molecule has 1 aliphatic heterocycles. The molecule has 19 heavy (non-hydrogen) atoms. The molecule has 1 aliphatic rings. The molecule has 1 fully saturated rings. The monoisotopic (exact) mass is 295 g/mol. The van der Waals surface area contributed by atoms with Crippen molar-refractivity contribution in [1.82, 2.24) is 5.32 Å². The van der Waals surface area contributed by atoms with E-state index >= 15 is 0 Å². The number of carboxylic acids is 1. The molecule has 3 nitrogen and oxygen atoms in total. The lowest BCUT2D eigenvalue weighted by atomic mass is 10.1. The molecule has 1 saturated heterocycles. The summed E-state index contributed by atoms with van der Waals surface area (Å²) >= 11 is 1.13. The second-order valence-electron chi connectivity index (χ2n) is 4.04. The minimum absolute atomic E-state index is 0.0843. The fourth-order valence-electron chi connectivity index (χ4n) is 1.73. The maximum atomic E-state index is 13.2. The lowest BCUT2D eigenvalue weighted by molar-refractivity contribution is -0.139. The van der Waals surface area contributed by atoms with Crippen LogP contribution in [-0.4, -0.2) is 22.9 Å². The van der Waals surface area contributed by atoms with Gasteiger partial charge >= 0.3 is 12.1 Å². The van der Waals surface area contributed by atoms with Gasteiger partial charge in [0.1, 0.15) is 11.9 Å². The van der Waals surface area contributed by atoms with Gasteiger partial charge in [0, 0.05) is 5.75 Å². The molecular weight excluding hydrogens is 286 g/mol. The molecule has 1 aromatic rings. The highest BCUT2D eigenvalue weighted by atomic mass is 32.2. The molecule has 0 aromatic heterocycles. The third kappa shape index (κ3) is 3.19. The van der Waals surface area contributed by atoms with Crippen molar-refractivity contribution < 1.29 is 27.5 Å². The molecule has 1 aromatic carbocycles. The number of alkyl halides is 3. The summed E-state index contributed by atoms with van der Waals surface area (Å²) < 4.78 is 50.9. The molecule has 0 saturated carbocycles. The van der Waals surface area contributed by atoms with E-state index in [1.54, 1.807) is 0 Å². The van der Waals surface area contributed by atoms with Crippen molar-refractivity contribution in [3.8, 4) is 0 Å². The largest absolute Gasteiger partial charge is 0.480 e. The van der Waals surface area contributed by atoms with E-state index in [1.807, 2.05) is 0 Å². The van der Waals surface area contributed by atoms with Crippen LogP contribution in [-0.2, 0) is 11.0 Å². The Kier molecular flexibility index (Phi) is 3.73. The van der Waals surface area contributed by atoms with Gasteiger partial charge in [-0.2, -0.15) is 13.2 Å². The number of hydrogen-bond donors (Lipinski definition) is 2. The van der Waals surface area contributed by atoms with Crippen LogP contribution in [0.4, 0.5) is 17.6 Å². The van der Waals surface area contributed by atoms with Crippen LogP contribution in [0.3, 0.4) is 0 Å². The van der Waals surface area contributed by atoms with E-state index in [2.05, 4.69) is 5.32 Å². The topological polar surface area (TPSA) is 49.3 Å². The predicted octanol–water partition coefficient (Wildman–Crippen LogP) is 2.63. The van der Waals surface area contributed by atoms with E-state index in [0.717, 1.165) is 23.9 Å². The van der Waals surface area contributed by atoms with Crippen LogP contribution < -0.4 is 5.32 Å². The molecular formula is C11H9F4NO2S. The second kappa shape index (κ2) is 5.01. The summed E-state index contributed by atoms with van der Waals surface area (Å²) in [6.07, 6.45) is -4.63. The van der Waals surface area contributed by atoms with Crippen molar-refractivity contribution in [2.24, 2.45) is 0 Å². The lowest BCUT2D eigenvalue weighted by Crippen LogP contribution is -2.33. The van der Waals surface area contributed by atoms with Crippen molar-refractivity contribution >= 4 is 17.7 Å². The van der Waals surface area contributed by atoms with Gasteiger partial charge in [-0.15, -0.1) is 11.8 Å². The van der Waals surface area contributed by atoms with Crippen LogP contribution in [0.1, 0.15) is 16.5 Å². The summed E-state index contributed by atoms with van der Waals surface area (Å²) in [6, 6.07) is 1.38. The molecule has 0 aliphatic carbocycles. The van der Waals surface area contributed by atoms with Crippen LogP contribution >= 0.6 is 11.8 Å². The summed E-state index contributed by atoms with van der Waals surface area (Å²) in [4.78, 5) is 10.7. The van der Waals surface area contributed by atoms with Crippen LogP contribution in [0.25, 0.3) is 0 Å². The number of carbonyl (C=O) groups is 1. The summed E-state index contributed by atoms with van der Waals surface area (Å²) in [5.41, 5.74) is -0.996. The minimum atomic E-state index is -4.63. The molecule has 0 bridgehead atoms. The molecule has 8 heteroatoms. The predicted molar refractivity (Wildman–Crippen MR) is 61.2 cm³/mol. The third-order valence-corrected chi connectivity index (χ3v) is 3.90. The molecule has 2 N–H and O–H groups in total. The number of rotatable bonds is 2. The van der Waals surface area contributed by atoms with Crippen LogP contribution in [0, 0.1) is 5.82 Å². The van der Waals surface area contributed by atoms with Gasteiger partial charge < -0.3 is 5.11 Å². The zero-order valence-corrected chi connectivity index (χ0v) is 10.2. The Morgan fingerprint density at radius 2 is 2.05 bits per heavy atom. The van der Waals surface area contributed by atoms with Crippen LogP contribution in [0.15, 0.2) is 18.2 Å². The van der Waals surface area contributed by atoms with E-state index in [-0.39, 0.29) is 11.3 Å². The van der Waals surface area contributed by atoms with Crippen molar-refractivity contribution in [3.63, 3.8) is 0 Å². The van der Waals surface area contributed by atoms with Gasteiger partial charge in [-0.05, 0) is 23.8 Å². The fraction of sp³-hybridized carbons (Fsp3) is 0.364. The first kappa shape index (κ1) is 14.1. The first-order valence-electron chi connectivity index (χ1n) is 5.25. The average molecular weight is 295 g/mol. The van der Waals surface area contributed by atoms with E-state index in [1.165, 1.54) is 0 Å². The number of hydrogen-bond acceptors (Lipinski definition) is 3. The molecule has 2 atom stereocenters. The number of aliphatic carboxylic acids is 1. The first-order chi connectivity index (χ1) is 8.77. The Balaban J connectivity index is 2.26. The summed E-state index contributed by atoms with van der Waals surface area (Å²) in [6.45, 7) is 0. The number of halogens is 4. The maximum absolute atomic E-state index is 13.2. The molecule has 0 spiro atoms. The Hall–Kier alpha value is -1.28. The Labute approximate surface area is 110 Å². The smallest absolute Gasteiger partial charge is 0.416 e. The van der Waals surface area contributed by atoms with E-state index in [9.17, 15) is 22.4 Å². The van der Waals surface area contributed by atoms with Crippen LogP contribution in [0.2, 0.25) is 0 Å². The van der Waals surface area contributed by atoms with Gasteiger partial charge in [0.25, 0.3) is 0 Å². The summed E-state index contributed by atoms with van der Waals surface area (Å²) in [7, 11) is 0. The molecule has 2 rings (SSSR count).